The van der Waals surface area contributed by atoms with Gasteiger partial charge in [-0.3, -0.25) is 9.69 Å². The van der Waals surface area contributed by atoms with E-state index in [-0.39, 0.29) is 5.91 Å². The number of aromatic nitrogens is 1. The molecule has 1 atom stereocenters. The van der Waals surface area contributed by atoms with Crippen molar-refractivity contribution in [2.75, 3.05) is 32.1 Å². The summed E-state index contributed by atoms with van der Waals surface area (Å²) in [5.41, 5.74) is 2.90. The Morgan fingerprint density at radius 2 is 2.32 bits per heavy atom. The van der Waals surface area contributed by atoms with Crippen molar-refractivity contribution in [3.05, 3.63) is 23.9 Å². The first-order valence-electron chi connectivity index (χ1n) is 6.59. The number of nitrogen functional groups attached to an aromatic ring is 1. The molecule has 0 spiro atoms. The van der Waals surface area contributed by atoms with E-state index in [0.717, 1.165) is 26.1 Å². The number of nitrogens with two attached hydrogens (primary N) is 1. The van der Waals surface area contributed by atoms with Crippen LogP contribution in [0.3, 0.4) is 0 Å². The van der Waals surface area contributed by atoms with Gasteiger partial charge in [0.25, 0.3) is 5.91 Å². The van der Waals surface area contributed by atoms with Gasteiger partial charge in [-0.25, -0.2) is 10.8 Å². The third kappa shape index (κ3) is 3.02. The van der Waals surface area contributed by atoms with Crippen LogP contribution in [0, 0.1) is 0 Å². The van der Waals surface area contributed by atoms with Crippen LogP contribution in [0.1, 0.15) is 23.8 Å². The predicted octanol–water partition coefficient (Wildman–Crippen LogP) is 0.533. The Labute approximate surface area is 113 Å². The second-order valence-electron chi connectivity index (χ2n) is 4.85. The topological polar surface area (TPSA) is 74.5 Å². The molecular weight excluding hydrogens is 242 g/mol. The van der Waals surface area contributed by atoms with Gasteiger partial charge in [-0.2, -0.15) is 0 Å². The summed E-state index contributed by atoms with van der Waals surface area (Å²) in [5.74, 6) is 5.80. The molecule has 6 nitrogen and oxygen atoms in total. The number of hydrazine groups is 1. The van der Waals surface area contributed by atoms with Crippen LogP contribution in [0.2, 0.25) is 0 Å². The van der Waals surface area contributed by atoms with Crippen molar-refractivity contribution in [2.24, 2.45) is 5.84 Å². The summed E-state index contributed by atoms with van der Waals surface area (Å²) in [5, 5.41) is 0. The molecule has 0 radical (unpaired) electrons. The molecule has 1 aliphatic heterocycles. The normalized spacial score (nSPS) is 20.4. The van der Waals surface area contributed by atoms with Gasteiger partial charge >= 0.3 is 0 Å². The van der Waals surface area contributed by atoms with E-state index in [1.807, 2.05) is 4.90 Å². The lowest BCUT2D eigenvalue weighted by Gasteiger charge is -2.39. The summed E-state index contributed by atoms with van der Waals surface area (Å²) in [7, 11) is 2.10. The van der Waals surface area contributed by atoms with Gasteiger partial charge in [0.05, 0.1) is 0 Å². The van der Waals surface area contributed by atoms with E-state index in [1.54, 1.807) is 18.2 Å². The zero-order valence-electron chi connectivity index (χ0n) is 11.5. The number of likely N-dealkylation sites (N-methyl/N-ethyl adjacent to an activating group) is 1. The molecule has 1 aromatic heterocycles. The summed E-state index contributed by atoms with van der Waals surface area (Å²) in [6.45, 7) is 4.55. The number of hydrogen-bond acceptors (Lipinski definition) is 5. The third-order valence-corrected chi connectivity index (χ3v) is 3.65. The summed E-state index contributed by atoms with van der Waals surface area (Å²) in [4.78, 5) is 20.8. The Bertz CT molecular complexity index is 450. The van der Waals surface area contributed by atoms with Crippen molar-refractivity contribution in [1.29, 1.82) is 0 Å². The lowest BCUT2D eigenvalue weighted by Crippen LogP contribution is -2.53. The van der Waals surface area contributed by atoms with Crippen LogP contribution in [0.4, 0.5) is 5.82 Å². The predicted molar refractivity (Wildman–Crippen MR) is 74.7 cm³/mol. The van der Waals surface area contributed by atoms with Crippen LogP contribution in [-0.4, -0.2) is 53.4 Å². The summed E-state index contributed by atoms with van der Waals surface area (Å²) in [6, 6.07) is 5.66. The molecule has 2 heterocycles. The highest BCUT2D eigenvalue weighted by atomic mass is 16.2. The number of hydrogen-bond donors (Lipinski definition) is 2. The molecule has 1 aromatic rings. The van der Waals surface area contributed by atoms with Gasteiger partial charge in [-0.15, -0.1) is 0 Å². The summed E-state index contributed by atoms with van der Waals surface area (Å²) >= 11 is 0. The fourth-order valence-corrected chi connectivity index (χ4v) is 2.37. The van der Waals surface area contributed by atoms with Crippen molar-refractivity contribution in [3.8, 4) is 0 Å². The minimum atomic E-state index is -0.0244. The van der Waals surface area contributed by atoms with E-state index in [0.29, 0.717) is 17.6 Å². The number of carbonyl (C=O) groups excluding carboxylic acids is 1. The third-order valence-electron chi connectivity index (χ3n) is 3.65. The molecular formula is C13H21N5O. The summed E-state index contributed by atoms with van der Waals surface area (Å²) in [6.07, 6.45) is 1.04. The lowest BCUT2D eigenvalue weighted by atomic mass is 10.1. The molecule has 0 aromatic carbocycles. The van der Waals surface area contributed by atoms with Gasteiger partial charge in [0, 0.05) is 25.7 Å². The molecule has 6 heteroatoms. The van der Waals surface area contributed by atoms with Gasteiger partial charge in [-0.1, -0.05) is 13.0 Å². The second-order valence-corrected chi connectivity index (χ2v) is 4.85. The van der Waals surface area contributed by atoms with Gasteiger partial charge in [0.1, 0.15) is 11.5 Å². The maximum atomic E-state index is 12.4. The van der Waals surface area contributed by atoms with Crippen LogP contribution in [0.15, 0.2) is 18.2 Å². The van der Waals surface area contributed by atoms with Gasteiger partial charge in [0.15, 0.2) is 0 Å². The number of amides is 1. The van der Waals surface area contributed by atoms with Crippen LogP contribution >= 0.6 is 0 Å². The standard InChI is InChI=1S/C13H21N5O/c1-3-10-9-18(8-7-17(10)2)13(19)11-5-4-6-12(15-11)16-14/h4-6,10H,3,7-9,14H2,1-2H3,(H,15,16). The molecule has 1 fully saturated rings. The van der Waals surface area contributed by atoms with Crippen molar-refractivity contribution in [2.45, 2.75) is 19.4 Å². The molecule has 104 valence electrons. The molecule has 1 unspecified atom stereocenters. The monoisotopic (exact) mass is 263 g/mol. The van der Waals surface area contributed by atoms with E-state index in [4.69, 9.17) is 5.84 Å². The van der Waals surface area contributed by atoms with Crippen LogP contribution in [-0.2, 0) is 0 Å². The number of nitrogens with one attached hydrogen (secondary N) is 1. The minimum absolute atomic E-state index is 0.0244. The first kappa shape index (κ1) is 13.8. The highest BCUT2D eigenvalue weighted by molar-refractivity contribution is 5.92. The zero-order valence-corrected chi connectivity index (χ0v) is 11.5. The first-order chi connectivity index (χ1) is 9.15. The Balaban J connectivity index is 2.10. The maximum Gasteiger partial charge on any atom is 0.272 e. The fraction of sp³-hybridized carbons (Fsp3) is 0.538. The van der Waals surface area contributed by atoms with E-state index < -0.39 is 0 Å². The maximum absolute atomic E-state index is 12.4. The van der Waals surface area contributed by atoms with E-state index >= 15 is 0 Å². The van der Waals surface area contributed by atoms with Gasteiger partial charge in [0.2, 0.25) is 0 Å². The number of rotatable bonds is 3. The van der Waals surface area contributed by atoms with Crippen molar-refractivity contribution in [1.82, 2.24) is 14.8 Å². The highest BCUT2D eigenvalue weighted by Crippen LogP contribution is 2.14. The average molecular weight is 263 g/mol. The van der Waals surface area contributed by atoms with Gasteiger partial charge in [-0.05, 0) is 25.6 Å². The minimum Gasteiger partial charge on any atom is -0.334 e. The van der Waals surface area contributed by atoms with Crippen molar-refractivity contribution >= 4 is 11.7 Å². The average Bonchev–Trinajstić information content (AvgIpc) is 2.47. The fourth-order valence-electron chi connectivity index (χ4n) is 2.37. The van der Waals surface area contributed by atoms with Crippen LogP contribution in [0.25, 0.3) is 0 Å². The Kier molecular flexibility index (Phi) is 4.34. The quantitative estimate of drug-likeness (QED) is 0.615. The Morgan fingerprint density at radius 1 is 1.53 bits per heavy atom. The molecule has 1 aliphatic rings. The number of piperazine rings is 1. The SMILES string of the molecule is CCC1CN(C(=O)c2cccc(NN)n2)CCN1C. The van der Waals surface area contributed by atoms with Crippen LogP contribution in [0.5, 0.6) is 0 Å². The number of nitrogens with zero attached hydrogens (tertiary/aromatic N) is 3. The largest absolute Gasteiger partial charge is 0.334 e. The lowest BCUT2D eigenvalue weighted by molar-refractivity contribution is 0.0536. The Hall–Kier alpha value is -1.66. The van der Waals surface area contributed by atoms with Crippen LogP contribution < -0.4 is 11.3 Å². The van der Waals surface area contributed by atoms with Crippen molar-refractivity contribution < 1.29 is 4.79 Å². The number of pyridine rings is 1. The second kappa shape index (κ2) is 5.99. The highest BCUT2D eigenvalue weighted by Gasteiger charge is 2.27. The summed E-state index contributed by atoms with van der Waals surface area (Å²) < 4.78 is 0. The number of carbonyl (C=O) groups is 1. The van der Waals surface area contributed by atoms with E-state index in [1.165, 1.54) is 0 Å². The smallest absolute Gasteiger partial charge is 0.272 e. The molecule has 19 heavy (non-hydrogen) atoms. The van der Waals surface area contributed by atoms with Crippen molar-refractivity contribution in [3.63, 3.8) is 0 Å². The molecule has 1 amide bonds. The first-order valence-corrected chi connectivity index (χ1v) is 6.59. The zero-order chi connectivity index (χ0) is 13.8. The molecule has 0 aliphatic carbocycles. The molecule has 0 saturated carbocycles. The van der Waals surface area contributed by atoms with E-state index in [2.05, 4.69) is 29.3 Å². The molecule has 2 rings (SSSR count). The molecule has 3 N–H and O–H groups in total. The number of anilines is 1. The molecule has 0 bridgehead atoms. The van der Waals surface area contributed by atoms with Gasteiger partial charge < -0.3 is 10.3 Å². The van der Waals surface area contributed by atoms with E-state index in [9.17, 15) is 4.79 Å². The Morgan fingerprint density at radius 3 is 3.00 bits per heavy atom. The molecule has 1 saturated heterocycles.